The highest BCUT2D eigenvalue weighted by molar-refractivity contribution is 5.79. The Hall–Kier alpha value is -1.38. The zero-order valence-corrected chi connectivity index (χ0v) is 13.7. The van der Waals surface area contributed by atoms with Gasteiger partial charge in [-0.1, -0.05) is 0 Å². The monoisotopic (exact) mass is 340 g/mol. The van der Waals surface area contributed by atoms with Crippen molar-refractivity contribution < 1.29 is 28.9 Å². The number of nitrogens with zero attached hydrogens (tertiary/aromatic N) is 2. The van der Waals surface area contributed by atoms with Crippen molar-refractivity contribution in [2.75, 3.05) is 32.9 Å². The van der Waals surface area contributed by atoms with Gasteiger partial charge in [0.05, 0.1) is 25.4 Å². The van der Waals surface area contributed by atoms with E-state index < -0.39 is 11.9 Å². The van der Waals surface area contributed by atoms with Crippen molar-refractivity contribution in [3.63, 3.8) is 0 Å². The minimum Gasteiger partial charge on any atom is -0.465 e. The van der Waals surface area contributed by atoms with Gasteiger partial charge < -0.3 is 29.1 Å². The minimum atomic E-state index is -0.885. The van der Waals surface area contributed by atoms with Crippen LogP contribution in [-0.4, -0.2) is 83.8 Å². The number of carbonyl (C=O) groups excluding carboxylic acids is 1. The summed E-state index contributed by atoms with van der Waals surface area (Å²) in [6.07, 6.45) is 2.76. The smallest absolute Gasteiger partial charge is 0.407 e. The predicted molar refractivity (Wildman–Crippen MR) is 81.5 cm³/mol. The van der Waals surface area contributed by atoms with E-state index in [1.807, 2.05) is 4.90 Å². The lowest BCUT2D eigenvalue weighted by Crippen LogP contribution is -2.64. The summed E-state index contributed by atoms with van der Waals surface area (Å²) in [4.78, 5) is 27.0. The van der Waals surface area contributed by atoms with Crippen LogP contribution in [0.25, 0.3) is 0 Å². The van der Waals surface area contributed by atoms with E-state index in [4.69, 9.17) is 19.3 Å². The lowest BCUT2D eigenvalue weighted by atomic mass is 9.83. The summed E-state index contributed by atoms with van der Waals surface area (Å²) in [6.45, 7) is 2.27. The van der Waals surface area contributed by atoms with Gasteiger partial charge in [-0.25, -0.2) is 4.79 Å². The van der Waals surface area contributed by atoms with Crippen molar-refractivity contribution in [2.24, 2.45) is 0 Å². The number of amides is 2. The fourth-order valence-corrected chi connectivity index (χ4v) is 4.59. The van der Waals surface area contributed by atoms with Gasteiger partial charge >= 0.3 is 6.09 Å². The van der Waals surface area contributed by atoms with Crippen LogP contribution in [0.2, 0.25) is 0 Å². The molecule has 24 heavy (non-hydrogen) atoms. The van der Waals surface area contributed by atoms with E-state index in [1.165, 1.54) is 4.90 Å². The van der Waals surface area contributed by atoms with Crippen molar-refractivity contribution >= 4 is 12.0 Å². The number of rotatable bonds is 1. The van der Waals surface area contributed by atoms with Crippen molar-refractivity contribution in [3.8, 4) is 0 Å². The standard InChI is InChI=1S/C16H24N2O6/c19-14-10-22-13-1-4-16(23-7-8-24-16)9-12(13)18(14)11-2-5-17(6-3-11)15(20)21/h11-13H,1-10H2,(H,20,21)/t12-,13-/m1/s1. The molecule has 134 valence electrons. The number of fused-ring (bicyclic) bond motifs is 1. The highest BCUT2D eigenvalue weighted by Crippen LogP contribution is 2.41. The van der Waals surface area contributed by atoms with E-state index in [0.717, 1.165) is 12.8 Å². The Labute approximate surface area is 140 Å². The van der Waals surface area contributed by atoms with E-state index in [9.17, 15) is 9.59 Å². The molecule has 4 rings (SSSR count). The maximum Gasteiger partial charge on any atom is 0.407 e. The average Bonchev–Trinajstić information content (AvgIpc) is 3.03. The second kappa shape index (κ2) is 6.16. The second-order valence-corrected chi connectivity index (χ2v) is 7.07. The Morgan fingerprint density at radius 1 is 1.17 bits per heavy atom. The normalized spacial score (nSPS) is 33.8. The van der Waals surface area contributed by atoms with Gasteiger partial charge in [0, 0.05) is 32.0 Å². The average molecular weight is 340 g/mol. The molecule has 0 radical (unpaired) electrons. The van der Waals surface area contributed by atoms with Crippen molar-refractivity contribution in [1.82, 2.24) is 9.80 Å². The van der Waals surface area contributed by atoms with Crippen LogP contribution in [0.5, 0.6) is 0 Å². The molecular weight excluding hydrogens is 316 g/mol. The molecule has 8 nitrogen and oxygen atoms in total. The molecule has 0 aromatic heterocycles. The number of carboxylic acid groups (broad SMARTS) is 1. The Kier molecular flexibility index (Phi) is 4.14. The highest BCUT2D eigenvalue weighted by atomic mass is 16.7. The molecule has 3 aliphatic heterocycles. The maximum atomic E-state index is 12.6. The molecule has 0 aromatic carbocycles. The number of ether oxygens (including phenoxy) is 3. The highest BCUT2D eigenvalue weighted by Gasteiger charge is 2.51. The third-order valence-electron chi connectivity index (χ3n) is 5.77. The first-order valence-electron chi connectivity index (χ1n) is 8.76. The summed E-state index contributed by atoms with van der Waals surface area (Å²) in [5, 5.41) is 9.11. The zero-order chi connectivity index (χ0) is 16.7. The maximum absolute atomic E-state index is 12.6. The van der Waals surface area contributed by atoms with Crippen LogP contribution in [0, 0.1) is 0 Å². The molecule has 0 unspecified atom stereocenters. The fourth-order valence-electron chi connectivity index (χ4n) is 4.59. The number of likely N-dealkylation sites (tertiary alicyclic amines) is 1. The number of hydrogen-bond donors (Lipinski definition) is 1. The van der Waals surface area contributed by atoms with E-state index in [0.29, 0.717) is 45.6 Å². The zero-order valence-electron chi connectivity index (χ0n) is 13.7. The van der Waals surface area contributed by atoms with E-state index in [2.05, 4.69) is 0 Å². The summed E-state index contributed by atoms with van der Waals surface area (Å²) >= 11 is 0. The van der Waals surface area contributed by atoms with Gasteiger partial charge in [0.15, 0.2) is 5.79 Å². The van der Waals surface area contributed by atoms with Crippen molar-refractivity contribution in [2.45, 2.75) is 56.1 Å². The van der Waals surface area contributed by atoms with Crippen LogP contribution in [0.4, 0.5) is 4.79 Å². The summed E-state index contributed by atoms with van der Waals surface area (Å²) < 4.78 is 17.5. The molecule has 0 bridgehead atoms. The second-order valence-electron chi connectivity index (χ2n) is 7.07. The van der Waals surface area contributed by atoms with Crippen LogP contribution in [-0.2, 0) is 19.0 Å². The summed E-state index contributed by atoms with van der Waals surface area (Å²) in [6, 6.07) is 0.0283. The van der Waals surface area contributed by atoms with Crippen molar-refractivity contribution in [1.29, 1.82) is 0 Å². The third kappa shape index (κ3) is 2.76. The van der Waals surface area contributed by atoms with Crippen LogP contribution in [0.3, 0.4) is 0 Å². The van der Waals surface area contributed by atoms with E-state index >= 15 is 0 Å². The minimum absolute atomic E-state index is 0.0000666. The molecular formula is C16H24N2O6. The van der Waals surface area contributed by atoms with Gasteiger partial charge in [0.25, 0.3) is 0 Å². The molecule has 1 saturated carbocycles. The van der Waals surface area contributed by atoms with Crippen LogP contribution >= 0.6 is 0 Å². The van der Waals surface area contributed by atoms with E-state index in [-0.39, 0.29) is 30.7 Å². The van der Waals surface area contributed by atoms with Gasteiger partial charge in [-0.15, -0.1) is 0 Å². The number of carbonyl (C=O) groups is 2. The molecule has 2 atom stereocenters. The third-order valence-corrected chi connectivity index (χ3v) is 5.77. The molecule has 0 aromatic rings. The molecule has 3 heterocycles. The Morgan fingerprint density at radius 3 is 2.54 bits per heavy atom. The molecule has 4 aliphatic rings. The molecule has 1 aliphatic carbocycles. The van der Waals surface area contributed by atoms with Gasteiger partial charge in [-0.05, 0) is 19.3 Å². The summed E-state index contributed by atoms with van der Waals surface area (Å²) in [5.74, 6) is -0.567. The molecule has 1 spiro atoms. The Bertz CT molecular complexity index is 513. The SMILES string of the molecule is O=C(O)N1CCC(N2C(=O)CO[C@@H]3CCC4(C[C@H]32)OCCO4)CC1. The Balaban J connectivity index is 1.50. The molecule has 8 heteroatoms. The lowest BCUT2D eigenvalue weighted by Gasteiger charge is -2.51. The first-order valence-corrected chi connectivity index (χ1v) is 8.76. The topological polar surface area (TPSA) is 88.5 Å². The van der Waals surface area contributed by atoms with Crippen LogP contribution in [0.15, 0.2) is 0 Å². The molecule has 1 N–H and O–H groups in total. The molecule has 3 saturated heterocycles. The quantitative estimate of drug-likeness (QED) is 0.754. The van der Waals surface area contributed by atoms with Gasteiger partial charge in [0.2, 0.25) is 5.91 Å². The first kappa shape index (κ1) is 16.1. The van der Waals surface area contributed by atoms with Crippen LogP contribution < -0.4 is 0 Å². The molecule has 4 fully saturated rings. The molecule has 2 amide bonds. The Morgan fingerprint density at radius 2 is 1.88 bits per heavy atom. The number of hydrogen-bond acceptors (Lipinski definition) is 5. The van der Waals surface area contributed by atoms with E-state index in [1.54, 1.807) is 0 Å². The summed E-state index contributed by atoms with van der Waals surface area (Å²) in [5.41, 5.74) is 0. The van der Waals surface area contributed by atoms with Crippen molar-refractivity contribution in [3.05, 3.63) is 0 Å². The van der Waals surface area contributed by atoms with Gasteiger partial charge in [-0.3, -0.25) is 4.79 Å². The summed E-state index contributed by atoms with van der Waals surface area (Å²) in [7, 11) is 0. The fraction of sp³-hybridized carbons (Fsp3) is 0.875. The largest absolute Gasteiger partial charge is 0.465 e. The first-order chi connectivity index (χ1) is 11.6. The number of piperidine rings is 1. The number of morpholine rings is 1. The predicted octanol–water partition coefficient (Wildman–Crippen LogP) is 0.652. The van der Waals surface area contributed by atoms with Gasteiger partial charge in [0.1, 0.15) is 6.61 Å². The van der Waals surface area contributed by atoms with Crippen LogP contribution in [0.1, 0.15) is 32.1 Å². The lowest BCUT2D eigenvalue weighted by molar-refractivity contribution is -0.225. The van der Waals surface area contributed by atoms with Gasteiger partial charge in [-0.2, -0.15) is 0 Å².